The van der Waals surface area contributed by atoms with Crippen LogP contribution in [0.2, 0.25) is 0 Å². The van der Waals surface area contributed by atoms with Crippen LogP contribution in [0.1, 0.15) is 36.9 Å². The third-order valence-electron chi connectivity index (χ3n) is 4.56. The van der Waals surface area contributed by atoms with Crippen molar-refractivity contribution in [2.24, 2.45) is 18.0 Å². The number of aliphatic imine (C=N–C) groups is 1. The maximum Gasteiger partial charge on any atom is 0.191 e. The first kappa shape index (κ1) is 21.5. The first-order valence-electron chi connectivity index (χ1n) is 9.05. The van der Waals surface area contributed by atoms with E-state index in [0.717, 1.165) is 5.56 Å². The molecule has 0 aliphatic heterocycles. The van der Waals surface area contributed by atoms with Crippen molar-refractivity contribution in [3.05, 3.63) is 53.6 Å². The number of aryl methyl sites for hydroxylation is 1. The first-order valence-corrected chi connectivity index (χ1v) is 9.05. The lowest BCUT2D eigenvalue weighted by atomic mass is 10.1. The molecule has 5 nitrogen and oxygen atoms in total. The predicted molar refractivity (Wildman–Crippen MR) is 117 cm³/mol. The fourth-order valence-corrected chi connectivity index (χ4v) is 2.73. The Morgan fingerprint density at radius 1 is 1.37 bits per heavy atom. The Labute approximate surface area is 177 Å². The van der Waals surface area contributed by atoms with E-state index in [1.54, 1.807) is 13.1 Å². The van der Waals surface area contributed by atoms with Gasteiger partial charge in [0.05, 0.1) is 12.6 Å². The molecule has 1 aliphatic rings. The van der Waals surface area contributed by atoms with Crippen LogP contribution in [0, 0.1) is 11.7 Å². The fraction of sp³-hybridized carbons (Fsp3) is 0.450. The maximum absolute atomic E-state index is 14.3. The molecule has 2 N–H and O–H groups in total. The zero-order valence-electron chi connectivity index (χ0n) is 16.0. The van der Waals surface area contributed by atoms with E-state index in [-0.39, 0.29) is 35.8 Å². The normalized spacial score (nSPS) is 15.0. The van der Waals surface area contributed by atoms with E-state index >= 15 is 0 Å². The third kappa shape index (κ3) is 6.41. The fourth-order valence-electron chi connectivity index (χ4n) is 2.73. The van der Waals surface area contributed by atoms with Crippen molar-refractivity contribution >= 4 is 29.9 Å². The second-order valence-electron chi connectivity index (χ2n) is 6.92. The summed E-state index contributed by atoms with van der Waals surface area (Å²) in [4.78, 5) is 4.24. The smallest absolute Gasteiger partial charge is 0.191 e. The van der Waals surface area contributed by atoms with Gasteiger partial charge in [-0.15, -0.1) is 24.0 Å². The Morgan fingerprint density at radius 2 is 2.15 bits per heavy atom. The minimum Gasteiger partial charge on any atom is -0.490 e. The lowest BCUT2D eigenvalue weighted by Crippen LogP contribution is -2.38. The molecule has 0 amide bonds. The quantitative estimate of drug-likeness (QED) is 0.354. The van der Waals surface area contributed by atoms with Crippen molar-refractivity contribution in [2.75, 3.05) is 13.7 Å². The number of nitrogens with zero attached hydrogens (tertiary/aromatic N) is 2. The van der Waals surface area contributed by atoms with E-state index in [2.05, 4.69) is 27.9 Å². The summed E-state index contributed by atoms with van der Waals surface area (Å²) < 4.78 is 21.8. The van der Waals surface area contributed by atoms with Gasteiger partial charge in [-0.05, 0) is 55.0 Å². The molecule has 27 heavy (non-hydrogen) atoms. The number of ether oxygens (including phenoxy) is 1. The number of guanidine groups is 1. The molecule has 1 atom stereocenters. The minimum atomic E-state index is -0.316. The number of rotatable bonds is 7. The van der Waals surface area contributed by atoms with E-state index in [1.165, 1.54) is 24.5 Å². The van der Waals surface area contributed by atoms with Gasteiger partial charge in [-0.2, -0.15) is 0 Å². The SMILES string of the molecule is CN=C(NCc1ccn(C)c1)NC(C)c1ccc(OCC2CC2)c(F)c1.I. The van der Waals surface area contributed by atoms with Crippen molar-refractivity contribution in [1.82, 2.24) is 15.2 Å². The summed E-state index contributed by atoms with van der Waals surface area (Å²) in [6.07, 6.45) is 6.44. The number of nitrogens with one attached hydrogen (secondary N) is 2. The summed E-state index contributed by atoms with van der Waals surface area (Å²) in [5.41, 5.74) is 2.02. The highest BCUT2D eigenvalue weighted by atomic mass is 127. The molecule has 1 aromatic heterocycles. The van der Waals surface area contributed by atoms with Crippen LogP contribution in [-0.4, -0.2) is 24.2 Å². The van der Waals surface area contributed by atoms with Crippen LogP contribution < -0.4 is 15.4 Å². The summed E-state index contributed by atoms with van der Waals surface area (Å²) in [5, 5.41) is 6.56. The van der Waals surface area contributed by atoms with Gasteiger partial charge in [0, 0.05) is 33.0 Å². The Morgan fingerprint density at radius 3 is 2.74 bits per heavy atom. The molecule has 7 heteroatoms. The highest BCUT2D eigenvalue weighted by Gasteiger charge is 2.22. The second-order valence-corrected chi connectivity index (χ2v) is 6.92. The topological polar surface area (TPSA) is 50.6 Å². The Balaban J connectivity index is 0.00000261. The van der Waals surface area contributed by atoms with Crippen LogP contribution in [0.4, 0.5) is 4.39 Å². The van der Waals surface area contributed by atoms with Crippen molar-refractivity contribution in [1.29, 1.82) is 0 Å². The number of aromatic nitrogens is 1. The Kier molecular flexibility index (Phi) is 7.94. The van der Waals surface area contributed by atoms with E-state index in [1.807, 2.05) is 30.8 Å². The average Bonchev–Trinajstić information content (AvgIpc) is 3.37. The van der Waals surface area contributed by atoms with Gasteiger partial charge < -0.3 is 19.9 Å². The summed E-state index contributed by atoms with van der Waals surface area (Å²) in [7, 11) is 3.72. The molecule has 1 unspecified atom stereocenters. The zero-order valence-corrected chi connectivity index (χ0v) is 18.4. The van der Waals surface area contributed by atoms with E-state index < -0.39 is 0 Å². The Bertz CT molecular complexity index is 773. The molecule has 1 aromatic carbocycles. The standard InChI is InChI=1S/C20H27FN4O.HI/c1-14(24-20(22-2)23-11-16-8-9-25(3)12-16)17-6-7-19(18(21)10-17)26-13-15-4-5-15;/h6-10,12,14-15H,4-5,11,13H2,1-3H3,(H2,22,23,24);1H. The molecular formula is C20H28FIN4O. The third-order valence-corrected chi connectivity index (χ3v) is 4.56. The van der Waals surface area contributed by atoms with Gasteiger partial charge in [0.2, 0.25) is 0 Å². The second kappa shape index (κ2) is 9.96. The van der Waals surface area contributed by atoms with Crippen LogP contribution >= 0.6 is 24.0 Å². The number of halogens is 2. The molecule has 1 saturated carbocycles. The molecule has 0 bridgehead atoms. The average molecular weight is 486 g/mol. The molecule has 1 aliphatic carbocycles. The zero-order chi connectivity index (χ0) is 18.5. The van der Waals surface area contributed by atoms with Gasteiger partial charge in [-0.25, -0.2) is 4.39 Å². The number of hydrogen-bond donors (Lipinski definition) is 2. The van der Waals surface area contributed by atoms with Gasteiger partial charge >= 0.3 is 0 Å². The molecule has 0 radical (unpaired) electrons. The highest BCUT2D eigenvalue weighted by Crippen LogP contribution is 2.30. The van der Waals surface area contributed by atoms with Crippen LogP contribution in [0.15, 0.2) is 41.7 Å². The summed E-state index contributed by atoms with van der Waals surface area (Å²) >= 11 is 0. The molecular weight excluding hydrogens is 458 g/mol. The van der Waals surface area contributed by atoms with Gasteiger partial charge in [0.1, 0.15) is 0 Å². The Hall–Kier alpha value is -1.77. The summed E-state index contributed by atoms with van der Waals surface area (Å²) in [5.74, 6) is 1.30. The number of hydrogen-bond acceptors (Lipinski definition) is 2. The monoisotopic (exact) mass is 486 g/mol. The number of benzene rings is 1. The molecule has 0 spiro atoms. The molecule has 2 aromatic rings. The van der Waals surface area contributed by atoms with Gasteiger partial charge in [-0.3, -0.25) is 4.99 Å². The van der Waals surface area contributed by atoms with Crippen LogP contribution in [0.5, 0.6) is 5.75 Å². The van der Waals surface area contributed by atoms with Gasteiger partial charge in [0.25, 0.3) is 0 Å². The maximum atomic E-state index is 14.3. The van der Waals surface area contributed by atoms with E-state index in [9.17, 15) is 4.39 Å². The van der Waals surface area contributed by atoms with Gasteiger partial charge in [0.15, 0.2) is 17.5 Å². The summed E-state index contributed by atoms with van der Waals surface area (Å²) in [6.45, 7) is 3.27. The van der Waals surface area contributed by atoms with Crippen molar-refractivity contribution in [3.63, 3.8) is 0 Å². The van der Waals surface area contributed by atoms with Gasteiger partial charge in [-0.1, -0.05) is 6.07 Å². The van der Waals surface area contributed by atoms with Crippen molar-refractivity contribution in [3.8, 4) is 5.75 Å². The molecule has 3 rings (SSSR count). The molecule has 0 saturated heterocycles. The van der Waals surface area contributed by atoms with Crippen molar-refractivity contribution in [2.45, 2.75) is 32.4 Å². The van der Waals surface area contributed by atoms with Crippen LogP contribution in [-0.2, 0) is 13.6 Å². The van der Waals surface area contributed by atoms with E-state index in [4.69, 9.17) is 4.74 Å². The minimum absolute atomic E-state index is 0. The summed E-state index contributed by atoms with van der Waals surface area (Å²) in [6, 6.07) is 7.12. The molecule has 1 fully saturated rings. The lowest BCUT2D eigenvalue weighted by molar-refractivity contribution is 0.285. The van der Waals surface area contributed by atoms with Crippen molar-refractivity contribution < 1.29 is 9.13 Å². The first-order chi connectivity index (χ1) is 12.5. The molecule has 1 heterocycles. The van der Waals surface area contributed by atoms with Crippen LogP contribution in [0.3, 0.4) is 0 Å². The van der Waals surface area contributed by atoms with E-state index in [0.29, 0.717) is 30.8 Å². The highest BCUT2D eigenvalue weighted by molar-refractivity contribution is 14.0. The van der Waals surface area contributed by atoms with Crippen LogP contribution in [0.25, 0.3) is 0 Å². The largest absolute Gasteiger partial charge is 0.490 e. The predicted octanol–water partition coefficient (Wildman–Crippen LogP) is 4.00. The molecule has 148 valence electrons. The lowest BCUT2D eigenvalue weighted by Gasteiger charge is -2.19.